The van der Waals surface area contributed by atoms with E-state index in [1.54, 1.807) is 30.3 Å². The molecule has 4 aromatic rings. The predicted molar refractivity (Wildman–Crippen MR) is 147 cm³/mol. The Morgan fingerprint density at radius 2 is 1.97 bits per heavy atom. The van der Waals surface area contributed by atoms with E-state index < -0.39 is 0 Å². The number of nitrogen functional groups attached to an aromatic ring is 1. The molecule has 0 spiro atoms. The molecule has 2 aromatic carbocycles. The van der Waals surface area contributed by atoms with E-state index in [1.165, 1.54) is 31.3 Å². The number of amides is 1. The highest BCUT2D eigenvalue weighted by molar-refractivity contribution is 5.98. The zero-order valence-electron chi connectivity index (χ0n) is 21.7. The molecule has 3 heterocycles. The number of aromatic nitrogens is 4. The number of ether oxygens (including phenoxy) is 1. The molecular weight excluding hydrogens is 497 g/mol. The first kappa shape index (κ1) is 25.0. The van der Waals surface area contributed by atoms with E-state index in [-0.39, 0.29) is 17.8 Å². The summed E-state index contributed by atoms with van der Waals surface area (Å²) in [4.78, 5) is 25.7. The van der Waals surface area contributed by atoms with E-state index in [1.807, 2.05) is 27.8 Å². The summed E-state index contributed by atoms with van der Waals surface area (Å²) in [6.07, 6.45) is 8.32. The molecule has 2 N–H and O–H groups in total. The molecule has 2 fully saturated rings. The van der Waals surface area contributed by atoms with Gasteiger partial charge in [0.1, 0.15) is 35.2 Å². The smallest absolute Gasteiger partial charge is 0.246 e. The van der Waals surface area contributed by atoms with Gasteiger partial charge in [0, 0.05) is 43.4 Å². The zero-order chi connectivity index (χ0) is 26.9. The molecule has 10 heteroatoms. The first-order valence-corrected chi connectivity index (χ1v) is 13.1. The van der Waals surface area contributed by atoms with Crippen LogP contribution in [0.2, 0.25) is 0 Å². The number of benzene rings is 2. The molecule has 2 aromatic heterocycles. The molecule has 9 nitrogen and oxygen atoms in total. The second-order valence-corrected chi connectivity index (χ2v) is 10.1. The number of anilines is 1. The summed E-state index contributed by atoms with van der Waals surface area (Å²) in [5.74, 6) is 0.983. The van der Waals surface area contributed by atoms with Crippen LogP contribution in [-0.4, -0.2) is 68.2 Å². The van der Waals surface area contributed by atoms with Gasteiger partial charge in [-0.15, -0.1) is 0 Å². The Bertz CT molecular complexity index is 1530. The molecule has 1 saturated heterocycles. The molecule has 1 aliphatic carbocycles. The summed E-state index contributed by atoms with van der Waals surface area (Å²) >= 11 is 0. The van der Waals surface area contributed by atoms with Crippen LogP contribution in [0.5, 0.6) is 11.5 Å². The van der Waals surface area contributed by atoms with Gasteiger partial charge in [0.15, 0.2) is 5.65 Å². The molecule has 1 saturated carbocycles. The number of nitrogens with zero attached hydrogens (tertiary/aromatic N) is 6. The lowest BCUT2D eigenvalue weighted by molar-refractivity contribution is -0.125. The minimum Gasteiger partial charge on any atom is -0.457 e. The average molecular weight is 528 g/mol. The highest BCUT2D eigenvalue weighted by Crippen LogP contribution is 2.35. The fourth-order valence-electron chi connectivity index (χ4n) is 5.03. The molecule has 0 radical (unpaired) electrons. The fourth-order valence-corrected chi connectivity index (χ4v) is 5.03. The lowest BCUT2D eigenvalue weighted by Crippen LogP contribution is -2.28. The van der Waals surface area contributed by atoms with Gasteiger partial charge in [-0.05, 0) is 62.7 Å². The largest absolute Gasteiger partial charge is 0.457 e. The third-order valence-electron chi connectivity index (χ3n) is 7.32. The topological polar surface area (TPSA) is 102 Å². The Kier molecular flexibility index (Phi) is 6.70. The number of hydrogen-bond donors (Lipinski definition) is 1. The van der Waals surface area contributed by atoms with Gasteiger partial charge in [-0.3, -0.25) is 9.69 Å². The van der Waals surface area contributed by atoms with E-state index in [0.717, 1.165) is 18.5 Å². The summed E-state index contributed by atoms with van der Waals surface area (Å²) in [7, 11) is 2.09. The SMILES string of the molecule is CN(C/C=C/C(=O)N1CC[C@@H](n2nc(-c3ccc(Oc4cccc(F)c4)cc3)c3c(N)ncnc32)C1)C1CC1. The van der Waals surface area contributed by atoms with Crippen LogP contribution in [0.3, 0.4) is 0 Å². The number of likely N-dealkylation sites (tertiary alicyclic amines) is 1. The lowest BCUT2D eigenvalue weighted by Gasteiger charge is -2.16. The summed E-state index contributed by atoms with van der Waals surface area (Å²) in [6, 6.07) is 14.0. The van der Waals surface area contributed by atoms with E-state index in [4.69, 9.17) is 15.6 Å². The zero-order valence-corrected chi connectivity index (χ0v) is 21.7. The van der Waals surface area contributed by atoms with Gasteiger partial charge in [-0.2, -0.15) is 5.10 Å². The van der Waals surface area contributed by atoms with Crippen molar-refractivity contribution in [2.75, 3.05) is 32.4 Å². The molecule has 1 aliphatic heterocycles. The Morgan fingerprint density at radius 1 is 1.15 bits per heavy atom. The minimum absolute atomic E-state index is 0.0152. The van der Waals surface area contributed by atoms with Crippen LogP contribution in [0.15, 0.2) is 67.0 Å². The van der Waals surface area contributed by atoms with Crippen molar-refractivity contribution in [3.8, 4) is 22.8 Å². The Balaban J connectivity index is 1.21. The van der Waals surface area contributed by atoms with Crippen molar-refractivity contribution in [1.82, 2.24) is 29.5 Å². The average Bonchev–Trinajstić information content (AvgIpc) is 3.54. The van der Waals surface area contributed by atoms with Crippen molar-refractivity contribution >= 4 is 22.8 Å². The normalized spacial score (nSPS) is 17.5. The monoisotopic (exact) mass is 527 g/mol. The summed E-state index contributed by atoms with van der Waals surface area (Å²) < 4.78 is 21.2. The molecule has 0 unspecified atom stereocenters. The number of halogens is 1. The van der Waals surface area contributed by atoms with Crippen molar-refractivity contribution in [2.24, 2.45) is 0 Å². The molecule has 39 heavy (non-hydrogen) atoms. The third-order valence-corrected chi connectivity index (χ3v) is 7.32. The standard InChI is InChI=1S/C29H30FN7O2/c1-35(21-9-10-21)14-3-6-25(38)36-15-13-22(17-36)37-29-26(28(31)32-18-33-29)27(34-37)19-7-11-23(12-8-19)39-24-5-2-4-20(30)16-24/h2-8,11-12,16,18,21-22H,9-10,13-15,17H2,1H3,(H2,31,32,33)/b6-3+/t22-/m1/s1. The molecule has 2 aliphatic rings. The van der Waals surface area contributed by atoms with Gasteiger partial charge >= 0.3 is 0 Å². The first-order chi connectivity index (χ1) is 19.0. The summed E-state index contributed by atoms with van der Waals surface area (Å²) in [6.45, 7) is 1.97. The van der Waals surface area contributed by atoms with Crippen molar-refractivity contribution in [1.29, 1.82) is 0 Å². The van der Waals surface area contributed by atoms with Gasteiger partial charge in [0.2, 0.25) is 5.91 Å². The summed E-state index contributed by atoms with van der Waals surface area (Å²) in [5, 5.41) is 5.58. The highest BCUT2D eigenvalue weighted by atomic mass is 19.1. The van der Waals surface area contributed by atoms with Crippen LogP contribution in [0.1, 0.15) is 25.3 Å². The fraction of sp³-hybridized carbons (Fsp3) is 0.310. The van der Waals surface area contributed by atoms with Gasteiger partial charge in [0.05, 0.1) is 11.4 Å². The lowest BCUT2D eigenvalue weighted by atomic mass is 10.1. The van der Waals surface area contributed by atoms with Gasteiger partial charge < -0.3 is 15.4 Å². The first-order valence-electron chi connectivity index (χ1n) is 13.1. The van der Waals surface area contributed by atoms with Crippen LogP contribution in [-0.2, 0) is 4.79 Å². The number of carbonyl (C=O) groups excluding carboxylic acids is 1. The third kappa shape index (κ3) is 5.33. The van der Waals surface area contributed by atoms with Crippen molar-refractivity contribution in [2.45, 2.75) is 31.3 Å². The van der Waals surface area contributed by atoms with Crippen LogP contribution in [0, 0.1) is 5.82 Å². The van der Waals surface area contributed by atoms with E-state index in [2.05, 4.69) is 21.9 Å². The van der Waals surface area contributed by atoms with Gasteiger partial charge in [0.25, 0.3) is 0 Å². The van der Waals surface area contributed by atoms with E-state index in [0.29, 0.717) is 53.2 Å². The highest BCUT2D eigenvalue weighted by Gasteiger charge is 2.30. The van der Waals surface area contributed by atoms with Crippen LogP contribution in [0.4, 0.5) is 10.2 Å². The second kappa shape index (κ2) is 10.5. The molecule has 200 valence electrons. The van der Waals surface area contributed by atoms with Crippen molar-refractivity contribution in [3.05, 3.63) is 72.8 Å². The number of likely N-dealkylation sites (N-methyl/N-ethyl adjacent to an activating group) is 1. The van der Waals surface area contributed by atoms with Crippen molar-refractivity contribution < 1.29 is 13.9 Å². The number of nitrogens with two attached hydrogens (primary N) is 1. The van der Waals surface area contributed by atoms with Gasteiger partial charge in [-0.25, -0.2) is 19.0 Å². The number of carbonyl (C=O) groups is 1. The molecule has 6 rings (SSSR count). The quantitative estimate of drug-likeness (QED) is 0.338. The maximum atomic E-state index is 13.5. The molecule has 1 amide bonds. The van der Waals surface area contributed by atoms with Gasteiger partial charge in [-0.1, -0.05) is 12.1 Å². The maximum Gasteiger partial charge on any atom is 0.246 e. The summed E-state index contributed by atoms with van der Waals surface area (Å²) in [5.41, 5.74) is 8.41. The molecule has 0 bridgehead atoms. The van der Waals surface area contributed by atoms with Crippen molar-refractivity contribution in [3.63, 3.8) is 0 Å². The molecular formula is C29H30FN7O2. The molecule has 1 atom stereocenters. The number of fused-ring (bicyclic) bond motifs is 1. The number of rotatable bonds is 8. The Hall–Kier alpha value is -4.31. The maximum absolute atomic E-state index is 13.5. The van der Waals surface area contributed by atoms with Crippen LogP contribution < -0.4 is 10.5 Å². The van der Waals surface area contributed by atoms with Crippen LogP contribution in [0.25, 0.3) is 22.3 Å². The predicted octanol–water partition coefficient (Wildman–Crippen LogP) is 4.43. The van der Waals surface area contributed by atoms with E-state index >= 15 is 0 Å². The number of hydrogen-bond acceptors (Lipinski definition) is 7. The van der Waals surface area contributed by atoms with Crippen LogP contribution >= 0.6 is 0 Å². The second-order valence-electron chi connectivity index (χ2n) is 10.1. The Labute approximate surface area is 225 Å². The Morgan fingerprint density at radius 3 is 2.74 bits per heavy atom. The minimum atomic E-state index is -0.360. The van der Waals surface area contributed by atoms with E-state index in [9.17, 15) is 9.18 Å².